The lowest BCUT2D eigenvalue weighted by molar-refractivity contribution is 0.491. The van der Waals surface area contributed by atoms with Gasteiger partial charge in [-0.25, -0.2) is 15.0 Å². The smallest absolute Gasteiger partial charge is 0.200 e. The molecule has 7 nitrogen and oxygen atoms in total. The van der Waals surface area contributed by atoms with E-state index in [1.165, 1.54) is 27.1 Å². The maximum Gasteiger partial charge on any atom is 0.200 e. The van der Waals surface area contributed by atoms with E-state index < -0.39 is 6.29 Å². The molecular weight excluding hydrogens is 615 g/mol. The first kappa shape index (κ1) is 28.3. The number of rotatable bonds is 5. The van der Waals surface area contributed by atoms with Crippen LogP contribution in [0.2, 0.25) is 0 Å². The number of amidine groups is 2. The first-order valence-corrected chi connectivity index (χ1v) is 16.8. The summed E-state index contributed by atoms with van der Waals surface area (Å²) in [5, 5.41) is 12.1. The van der Waals surface area contributed by atoms with E-state index in [1.54, 1.807) is 0 Å². The van der Waals surface area contributed by atoms with E-state index in [-0.39, 0.29) is 6.17 Å². The number of aliphatic imine (C=N–C) groups is 3. The Labute approximate surface area is 288 Å². The van der Waals surface area contributed by atoms with Crippen molar-refractivity contribution in [3.05, 3.63) is 175 Å². The first-order chi connectivity index (χ1) is 24.8. The Bertz CT molecular complexity index is 2700. The lowest BCUT2D eigenvalue weighted by atomic mass is 10.1. The molecule has 2 N–H and O–H groups in total. The highest BCUT2D eigenvalue weighted by Gasteiger charge is 2.26. The normalized spacial score (nSPS) is 17.4. The number of fused-ring (bicyclic) bond motifs is 6. The van der Waals surface area contributed by atoms with Crippen molar-refractivity contribution in [3.63, 3.8) is 0 Å². The maximum absolute atomic E-state index is 5.12. The number of aromatic nitrogens is 2. The van der Waals surface area contributed by atoms with E-state index >= 15 is 0 Å². The van der Waals surface area contributed by atoms with Crippen molar-refractivity contribution in [1.29, 1.82) is 0 Å². The van der Waals surface area contributed by atoms with Gasteiger partial charge in [-0.1, -0.05) is 115 Å². The molecular formula is C43H31N7. The summed E-state index contributed by atoms with van der Waals surface area (Å²) < 4.78 is 4.68. The molecule has 0 spiro atoms. The van der Waals surface area contributed by atoms with Gasteiger partial charge >= 0.3 is 0 Å². The van der Waals surface area contributed by atoms with Crippen molar-refractivity contribution in [2.75, 3.05) is 0 Å². The molecule has 2 atom stereocenters. The minimum absolute atomic E-state index is 0.385. The fraction of sp³-hybridized carbons (Fsp3) is 0.0465. The molecule has 0 saturated heterocycles. The number of hydrogen-bond acceptors (Lipinski definition) is 5. The zero-order chi connectivity index (χ0) is 33.0. The molecule has 2 aliphatic heterocycles. The van der Waals surface area contributed by atoms with E-state index in [1.807, 2.05) is 48.7 Å². The van der Waals surface area contributed by atoms with Gasteiger partial charge in [-0.2, -0.15) is 0 Å². The largest absolute Gasteiger partial charge is 0.343 e. The summed E-state index contributed by atoms with van der Waals surface area (Å²) in [6, 6.07) is 53.0. The van der Waals surface area contributed by atoms with Crippen molar-refractivity contribution in [2.45, 2.75) is 12.5 Å². The Hall–Kier alpha value is -6.73. The van der Waals surface area contributed by atoms with Crippen LogP contribution in [-0.4, -0.2) is 27.0 Å². The molecule has 238 valence electrons. The van der Waals surface area contributed by atoms with Gasteiger partial charge in [0.25, 0.3) is 0 Å². The summed E-state index contributed by atoms with van der Waals surface area (Å²) >= 11 is 0. The van der Waals surface area contributed by atoms with Crippen LogP contribution in [0.25, 0.3) is 49.3 Å². The molecule has 0 radical (unpaired) electrons. The minimum Gasteiger partial charge on any atom is -0.343 e. The minimum atomic E-state index is -0.414. The van der Waals surface area contributed by atoms with Gasteiger partial charge in [0.2, 0.25) is 6.29 Å². The van der Waals surface area contributed by atoms with E-state index in [2.05, 4.69) is 135 Å². The van der Waals surface area contributed by atoms with Gasteiger partial charge in [0.1, 0.15) is 5.84 Å². The highest BCUT2D eigenvalue weighted by molar-refractivity contribution is 6.19. The Morgan fingerprint density at radius 2 is 1.14 bits per heavy atom. The van der Waals surface area contributed by atoms with Gasteiger partial charge in [-0.15, -0.1) is 0 Å². The van der Waals surface area contributed by atoms with Crippen molar-refractivity contribution < 1.29 is 0 Å². The van der Waals surface area contributed by atoms with Crippen molar-refractivity contribution >= 4 is 61.5 Å². The molecule has 2 aliphatic rings. The maximum atomic E-state index is 5.12. The monoisotopic (exact) mass is 645 g/mol. The second-order valence-corrected chi connectivity index (χ2v) is 12.6. The molecule has 7 heteroatoms. The standard InChI is InChI=1S/C43H31N7/c1-4-14-28(15-5-1)40-46-41(29-16-6-2-7-17-29)48-42(47-40)35-24-25-44-43(45-35)50-37-23-13-11-21-32(37)34-26-33-31-20-10-12-22-36(31)49(38(33)27-39(34)50)30-18-8-3-9-19-30/h1-27,40,43,45H,(H,46,47,48). The Kier molecular flexibility index (Phi) is 6.48. The third kappa shape index (κ3) is 4.55. The van der Waals surface area contributed by atoms with E-state index in [0.717, 1.165) is 50.7 Å². The molecule has 4 heterocycles. The Morgan fingerprint density at radius 1 is 0.520 bits per heavy atom. The Balaban J connectivity index is 1.12. The third-order valence-corrected chi connectivity index (χ3v) is 9.66. The van der Waals surface area contributed by atoms with Gasteiger partial charge in [-0.05, 0) is 48.0 Å². The van der Waals surface area contributed by atoms with Crippen LogP contribution >= 0.6 is 0 Å². The Morgan fingerprint density at radius 3 is 1.92 bits per heavy atom. The molecule has 0 bridgehead atoms. The van der Waals surface area contributed by atoms with Crippen molar-refractivity contribution in [3.8, 4) is 5.69 Å². The summed E-state index contributed by atoms with van der Waals surface area (Å²) in [7, 11) is 0. The van der Waals surface area contributed by atoms with Crippen LogP contribution in [0.15, 0.2) is 178 Å². The highest BCUT2D eigenvalue weighted by atomic mass is 15.3. The fourth-order valence-corrected chi connectivity index (χ4v) is 7.39. The van der Waals surface area contributed by atoms with Crippen molar-refractivity contribution in [2.24, 2.45) is 15.0 Å². The highest BCUT2D eigenvalue weighted by Crippen LogP contribution is 2.39. The van der Waals surface area contributed by atoms with Crippen LogP contribution in [0, 0.1) is 0 Å². The lowest BCUT2D eigenvalue weighted by Crippen LogP contribution is -2.42. The number of allylic oxidation sites excluding steroid dienone is 1. The third-order valence-electron chi connectivity index (χ3n) is 9.66. The predicted molar refractivity (Wildman–Crippen MR) is 205 cm³/mol. The van der Waals surface area contributed by atoms with Crippen LogP contribution in [0.3, 0.4) is 0 Å². The summed E-state index contributed by atoms with van der Waals surface area (Å²) in [6.45, 7) is 0. The van der Waals surface area contributed by atoms with Crippen LogP contribution in [0.5, 0.6) is 0 Å². The molecule has 8 aromatic rings. The molecule has 2 aromatic heterocycles. The number of nitrogens with one attached hydrogen (secondary N) is 2. The molecule has 0 fully saturated rings. The summed E-state index contributed by atoms with van der Waals surface area (Å²) in [6.07, 6.45) is 3.07. The van der Waals surface area contributed by atoms with Crippen LogP contribution in [0.1, 0.15) is 23.6 Å². The quantitative estimate of drug-likeness (QED) is 0.196. The first-order valence-electron chi connectivity index (χ1n) is 16.8. The second kappa shape index (κ2) is 11.5. The van der Waals surface area contributed by atoms with E-state index in [9.17, 15) is 0 Å². The molecule has 10 rings (SSSR count). The van der Waals surface area contributed by atoms with Crippen LogP contribution < -0.4 is 10.6 Å². The number of nitrogens with zero attached hydrogens (tertiary/aromatic N) is 5. The van der Waals surface area contributed by atoms with Crippen LogP contribution in [0.4, 0.5) is 0 Å². The second-order valence-electron chi connectivity index (χ2n) is 12.6. The van der Waals surface area contributed by atoms with Gasteiger partial charge in [0.15, 0.2) is 12.0 Å². The SMILES string of the molecule is C1=NC(n2c3ccccc3c3cc4c5ccccc5n(-c5ccccc5)c4cc32)NC(C2=NC(c3ccccc3)N=C(c3ccccc3)N2)=C1. The van der Waals surface area contributed by atoms with E-state index in [4.69, 9.17) is 15.0 Å². The molecule has 50 heavy (non-hydrogen) atoms. The molecule has 0 amide bonds. The fourth-order valence-electron chi connectivity index (χ4n) is 7.39. The zero-order valence-corrected chi connectivity index (χ0v) is 27.0. The average Bonchev–Trinajstić information content (AvgIpc) is 3.70. The molecule has 2 unspecified atom stereocenters. The van der Waals surface area contributed by atoms with Crippen LogP contribution in [-0.2, 0) is 0 Å². The number of hydrogen-bond donors (Lipinski definition) is 2. The average molecular weight is 646 g/mol. The van der Waals surface area contributed by atoms with Gasteiger partial charge < -0.3 is 19.8 Å². The van der Waals surface area contributed by atoms with Gasteiger partial charge in [0, 0.05) is 39.0 Å². The summed E-state index contributed by atoms with van der Waals surface area (Å²) in [5.74, 6) is 1.50. The predicted octanol–water partition coefficient (Wildman–Crippen LogP) is 9.05. The van der Waals surface area contributed by atoms with E-state index in [0.29, 0.717) is 0 Å². The molecule has 0 saturated carbocycles. The lowest BCUT2D eigenvalue weighted by Gasteiger charge is -2.28. The molecule has 0 aliphatic carbocycles. The number of benzene rings is 6. The zero-order valence-electron chi connectivity index (χ0n) is 27.0. The van der Waals surface area contributed by atoms with Crippen molar-refractivity contribution in [1.82, 2.24) is 19.8 Å². The summed E-state index contributed by atoms with van der Waals surface area (Å²) in [5.41, 5.74) is 8.54. The topological polar surface area (TPSA) is 71.0 Å². The van der Waals surface area contributed by atoms with Gasteiger partial charge in [0.05, 0.1) is 27.8 Å². The van der Waals surface area contributed by atoms with Gasteiger partial charge in [-0.3, -0.25) is 0 Å². The summed E-state index contributed by atoms with van der Waals surface area (Å²) in [4.78, 5) is 15.1. The number of para-hydroxylation sites is 3. The molecule has 6 aromatic carbocycles.